The lowest BCUT2D eigenvalue weighted by molar-refractivity contribution is 0.0696. The average Bonchev–Trinajstić information content (AvgIpc) is 2.79. The Morgan fingerprint density at radius 2 is 1.50 bits per heavy atom. The van der Waals surface area contributed by atoms with Gasteiger partial charge in [0.25, 0.3) is 11.5 Å². The SMILES string of the molecule is O=C(O)c1ccc(CNC(=O)c2nn(-c3ccccc3)c(=O)c3ccccc23)cc1. The molecule has 3 aromatic carbocycles. The molecule has 0 bridgehead atoms. The average molecular weight is 399 g/mol. The van der Waals surface area contributed by atoms with Gasteiger partial charge in [-0.2, -0.15) is 9.78 Å². The first-order valence-electron chi connectivity index (χ1n) is 9.22. The van der Waals surface area contributed by atoms with Crippen LogP contribution in [0.3, 0.4) is 0 Å². The summed E-state index contributed by atoms with van der Waals surface area (Å²) in [6, 6.07) is 22.0. The van der Waals surface area contributed by atoms with Crippen LogP contribution in [0.15, 0.2) is 83.7 Å². The zero-order valence-electron chi connectivity index (χ0n) is 15.8. The highest BCUT2D eigenvalue weighted by atomic mass is 16.4. The van der Waals surface area contributed by atoms with Crippen molar-refractivity contribution in [3.63, 3.8) is 0 Å². The van der Waals surface area contributed by atoms with Crippen molar-refractivity contribution in [1.82, 2.24) is 15.1 Å². The van der Waals surface area contributed by atoms with Crippen molar-refractivity contribution in [2.24, 2.45) is 0 Å². The molecule has 0 spiro atoms. The molecule has 30 heavy (non-hydrogen) atoms. The smallest absolute Gasteiger partial charge is 0.335 e. The van der Waals surface area contributed by atoms with E-state index in [1.165, 1.54) is 16.8 Å². The Hall–Kier alpha value is -4.26. The van der Waals surface area contributed by atoms with Gasteiger partial charge in [-0.25, -0.2) is 4.79 Å². The number of nitrogens with zero attached hydrogens (tertiary/aromatic N) is 2. The summed E-state index contributed by atoms with van der Waals surface area (Å²) in [7, 11) is 0. The number of carbonyl (C=O) groups excluding carboxylic acids is 1. The molecule has 1 aromatic heterocycles. The molecule has 148 valence electrons. The van der Waals surface area contributed by atoms with Crippen molar-refractivity contribution in [1.29, 1.82) is 0 Å². The van der Waals surface area contributed by atoms with Gasteiger partial charge in [0.15, 0.2) is 5.69 Å². The molecule has 0 atom stereocenters. The fourth-order valence-electron chi connectivity index (χ4n) is 3.13. The summed E-state index contributed by atoms with van der Waals surface area (Å²) < 4.78 is 1.22. The maximum absolute atomic E-state index is 12.9. The zero-order valence-corrected chi connectivity index (χ0v) is 15.8. The third-order valence-electron chi connectivity index (χ3n) is 4.67. The van der Waals surface area contributed by atoms with Crippen molar-refractivity contribution in [2.45, 2.75) is 6.54 Å². The van der Waals surface area contributed by atoms with E-state index >= 15 is 0 Å². The van der Waals surface area contributed by atoms with E-state index in [1.54, 1.807) is 60.7 Å². The van der Waals surface area contributed by atoms with Crippen LogP contribution < -0.4 is 10.9 Å². The third kappa shape index (κ3) is 3.68. The fourth-order valence-corrected chi connectivity index (χ4v) is 3.13. The fraction of sp³-hybridized carbons (Fsp3) is 0.0435. The van der Waals surface area contributed by atoms with Gasteiger partial charge in [0.1, 0.15) is 0 Å². The number of para-hydroxylation sites is 1. The van der Waals surface area contributed by atoms with E-state index in [9.17, 15) is 14.4 Å². The van der Waals surface area contributed by atoms with Crippen LogP contribution in [0.25, 0.3) is 16.5 Å². The molecule has 1 heterocycles. The van der Waals surface area contributed by atoms with Gasteiger partial charge in [-0.1, -0.05) is 48.5 Å². The largest absolute Gasteiger partial charge is 0.478 e. The Labute approximate surface area is 171 Å². The summed E-state index contributed by atoms with van der Waals surface area (Å²) in [5, 5.41) is 17.0. The molecular weight excluding hydrogens is 382 g/mol. The van der Waals surface area contributed by atoms with Gasteiger partial charge in [0.05, 0.1) is 16.6 Å². The maximum Gasteiger partial charge on any atom is 0.335 e. The molecule has 4 aromatic rings. The Bertz CT molecular complexity index is 1300. The highest BCUT2D eigenvalue weighted by Gasteiger charge is 2.17. The van der Waals surface area contributed by atoms with Crippen LogP contribution in [0.4, 0.5) is 0 Å². The highest BCUT2D eigenvalue weighted by molar-refractivity contribution is 6.04. The van der Waals surface area contributed by atoms with E-state index in [0.29, 0.717) is 16.5 Å². The summed E-state index contributed by atoms with van der Waals surface area (Å²) in [6.07, 6.45) is 0. The van der Waals surface area contributed by atoms with Gasteiger partial charge in [-0.15, -0.1) is 0 Å². The van der Waals surface area contributed by atoms with Gasteiger partial charge < -0.3 is 10.4 Å². The molecule has 4 rings (SSSR count). The van der Waals surface area contributed by atoms with E-state index in [1.807, 2.05) is 6.07 Å². The monoisotopic (exact) mass is 399 g/mol. The summed E-state index contributed by atoms with van der Waals surface area (Å²) in [5.41, 5.74) is 1.31. The topological polar surface area (TPSA) is 101 Å². The quantitative estimate of drug-likeness (QED) is 0.537. The number of nitrogens with one attached hydrogen (secondary N) is 1. The van der Waals surface area contributed by atoms with Gasteiger partial charge in [0.2, 0.25) is 0 Å². The molecule has 0 fully saturated rings. The number of hydrogen-bond acceptors (Lipinski definition) is 4. The molecule has 7 heteroatoms. The lowest BCUT2D eigenvalue weighted by atomic mass is 10.1. The molecule has 0 aliphatic rings. The third-order valence-corrected chi connectivity index (χ3v) is 4.67. The molecule has 1 amide bonds. The Morgan fingerprint density at radius 1 is 0.867 bits per heavy atom. The molecule has 0 unspecified atom stereocenters. The number of carboxylic acid groups (broad SMARTS) is 1. The second-order valence-electron chi connectivity index (χ2n) is 6.63. The number of carbonyl (C=O) groups is 2. The molecular formula is C23H17N3O4. The lowest BCUT2D eigenvalue weighted by Crippen LogP contribution is -2.29. The van der Waals surface area contributed by atoms with Crippen LogP contribution in [-0.2, 0) is 6.54 Å². The lowest BCUT2D eigenvalue weighted by Gasteiger charge is -2.11. The van der Waals surface area contributed by atoms with Crippen LogP contribution in [0.2, 0.25) is 0 Å². The van der Waals surface area contributed by atoms with E-state index in [-0.39, 0.29) is 23.4 Å². The minimum atomic E-state index is -1.01. The first kappa shape index (κ1) is 19.1. The summed E-state index contributed by atoms with van der Waals surface area (Å²) >= 11 is 0. The first-order valence-corrected chi connectivity index (χ1v) is 9.22. The summed E-state index contributed by atoms with van der Waals surface area (Å²) in [5.74, 6) is -1.44. The predicted octanol–water partition coefficient (Wildman–Crippen LogP) is 3.01. The van der Waals surface area contributed by atoms with E-state index < -0.39 is 11.9 Å². The summed E-state index contributed by atoms with van der Waals surface area (Å²) in [4.78, 5) is 36.8. The normalized spacial score (nSPS) is 10.7. The molecule has 0 aliphatic carbocycles. The van der Waals surface area contributed by atoms with Crippen LogP contribution >= 0.6 is 0 Å². The van der Waals surface area contributed by atoms with Gasteiger partial charge in [0, 0.05) is 11.9 Å². The van der Waals surface area contributed by atoms with Crippen LogP contribution in [0, 0.1) is 0 Å². The molecule has 0 saturated carbocycles. The van der Waals surface area contributed by atoms with Gasteiger partial charge >= 0.3 is 5.97 Å². The van der Waals surface area contributed by atoms with Gasteiger partial charge in [-0.3, -0.25) is 9.59 Å². The number of carboxylic acids is 1. The number of hydrogen-bond donors (Lipinski definition) is 2. The predicted molar refractivity (Wildman–Crippen MR) is 112 cm³/mol. The molecule has 0 aliphatic heterocycles. The standard InChI is InChI=1S/C23H17N3O4/c27-21(24-14-15-10-12-16(13-11-15)23(29)30)20-18-8-4-5-9-19(18)22(28)26(25-20)17-6-2-1-3-7-17/h1-13H,14H2,(H,24,27)(H,29,30). The van der Waals surface area contributed by atoms with Crippen molar-refractivity contribution in [2.75, 3.05) is 0 Å². The maximum atomic E-state index is 12.9. The molecule has 7 nitrogen and oxygen atoms in total. The second-order valence-corrected chi connectivity index (χ2v) is 6.63. The van der Waals surface area contributed by atoms with Crippen LogP contribution in [0.5, 0.6) is 0 Å². The van der Waals surface area contributed by atoms with E-state index in [0.717, 1.165) is 5.56 Å². The van der Waals surface area contributed by atoms with E-state index in [2.05, 4.69) is 10.4 Å². The minimum absolute atomic E-state index is 0.135. The van der Waals surface area contributed by atoms with Crippen molar-refractivity contribution in [3.8, 4) is 5.69 Å². The minimum Gasteiger partial charge on any atom is -0.478 e. The van der Waals surface area contributed by atoms with Crippen LogP contribution in [0.1, 0.15) is 26.4 Å². The van der Waals surface area contributed by atoms with E-state index in [4.69, 9.17) is 5.11 Å². The van der Waals surface area contributed by atoms with Crippen molar-refractivity contribution in [3.05, 3.63) is 106 Å². The first-order chi connectivity index (χ1) is 14.5. The highest BCUT2D eigenvalue weighted by Crippen LogP contribution is 2.15. The number of rotatable bonds is 5. The van der Waals surface area contributed by atoms with Crippen LogP contribution in [-0.4, -0.2) is 26.8 Å². The number of fused-ring (bicyclic) bond motifs is 1. The number of aromatic carboxylic acids is 1. The molecule has 0 saturated heterocycles. The number of amides is 1. The zero-order chi connectivity index (χ0) is 21.1. The van der Waals surface area contributed by atoms with Crippen molar-refractivity contribution >= 4 is 22.6 Å². The number of benzene rings is 3. The second kappa shape index (κ2) is 8.00. The Morgan fingerprint density at radius 3 is 2.17 bits per heavy atom. The Kier molecular flexibility index (Phi) is 5.09. The summed E-state index contributed by atoms with van der Waals surface area (Å²) in [6.45, 7) is 0.194. The molecule has 2 N–H and O–H groups in total. The van der Waals surface area contributed by atoms with Gasteiger partial charge in [-0.05, 0) is 35.9 Å². The van der Waals surface area contributed by atoms with Crippen molar-refractivity contribution < 1.29 is 14.7 Å². The molecule has 0 radical (unpaired) electrons. The Balaban J connectivity index is 1.69. The number of aromatic nitrogens is 2.